The zero-order chi connectivity index (χ0) is 9.76. The second kappa shape index (κ2) is 2.37. The maximum Gasteiger partial charge on any atom is 0.0991 e. The first-order chi connectivity index (χ1) is 6.75. The van der Waals surface area contributed by atoms with Gasteiger partial charge in [-0.25, -0.2) is 0 Å². The van der Waals surface area contributed by atoms with Gasteiger partial charge in [-0.15, -0.1) is 0 Å². The van der Waals surface area contributed by atoms with Crippen molar-refractivity contribution in [2.45, 2.75) is 30.7 Å². The van der Waals surface area contributed by atoms with Crippen LogP contribution in [0.1, 0.15) is 42.0 Å². The molecule has 1 atom stereocenters. The lowest BCUT2D eigenvalue weighted by atomic mass is 9.97. The molecule has 2 heteroatoms. The fourth-order valence-corrected chi connectivity index (χ4v) is 2.67. The molecule has 0 bridgehead atoms. The summed E-state index contributed by atoms with van der Waals surface area (Å²) in [6.07, 6.45) is 3.59. The largest absolute Gasteiger partial charge is 0.324 e. The smallest absolute Gasteiger partial charge is 0.0991 e. The summed E-state index contributed by atoms with van der Waals surface area (Å²) in [6, 6.07) is 8.34. The molecule has 1 aromatic carbocycles. The lowest BCUT2D eigenvalue weighted by Crippen LogP contribution is -2.07. The number of benzene rings is 1. The fraction of sp³-hybridized carbons (Fsp3) is 0.417. The summed E-state index contributed by atoms with van der Waals surface area (Å²) < 4.78 is 0. The number of nitriles is 1. The van der Waals surface area contributed by atoms with E-state index in [-0.39, 0.29) is 6.04 Å². The van der Waals surface area contributed by atoms with Crippen LogP contribution in [-0.2, 0) is 5.41 Å². The Balaban J connectivity index is 2.19. The number of hydrogen-bond donors (Lipinski definition) is 1. The summed E-state index contributed by atoms with van der Waals surface area (Å²) >= 11 is 0. The van der Waals surface area contributed by atoms with Crippen LogP contribution >= 0.6 is 0 Å². The highest BCUT2D eigenvalue weighted by Crippen LogP contribution is 2.59. The van der Waals surface area contributed by atoms with Crippen molar-refractivity contribution in [2.75, 3.05) is 0 Å². The summed E-state index contributed by atoms with van der Waals surface area (Å²) in [5.74, 6) is 0. The molecule has 1 aromatic rings. The first kappa shape index (κ1) is 8.02. The lowest BCUT2D eigenvalue weighted by Gasteiger charge is -2.06. The minimum Gasteiger partial charge on any atom is -0.324 e. The highest BCUT2D eigenvalue weighted by molar-refractivity contribution is 5.50. The molecular weight excluding hydrogens is 172 g/mol. The van der Waals surface area contributed by atoms with E-state index in [4.69, 9.17) is 11.0 Å². The van der Waals surface area contributed by atoms with Crippen LogP contribution in [0.5, 0.6) is 0 Å². The molecule has 0 amide bonds. The Morgan fingerprint density at radius 3 is 2.86 bits per heavy atom. The van der Waals surface area contributed by atoms with Gasteiger partial charge in [0.2, 0.25) is 0 Å². The first-order valence-corrected chi connectivity index (χ1v) is 5.05. The van der Waals surface area contributed by atoms with E-state index < -0.39 is 0 Å². The average molecular weight is 184 g/mol. The van der Waals surface area contributed by atoms with Crippen LogP contribution in [0.15, 0.2) is 18.2 Å². The second-order valence-corrected chi connectivity index (χ2v) is 4.50. The molecule has 0 heterocycles. The van der Waals surface area contributed by atoms with Crippen LogP contribution in [0.4, 0.5) is 0 Å². The Morgan fingerprint density at radius 2 is 2.21 bits per heavy atom. The molecule has 0 aliphatic heterocycles. The topological polar surface area (TPSA) is 49.8 Å². The van der Waals surface area contributed by atoms with Gasteiger partial charge in [-0.05, 0) is 47.9 Å². The van der Waals surface area contributed by atoms with E-state index in [1.54, 1.807) is 0 Å². The first-order valence-electron chi connectivity index (χ1n) is 5.05. The van der Waals surface area contributed by atoms with Crippen molar-refractivity contribution in [3.63, 3.8) is 0 Å². The van der Waals surface area contributed by atoms with Crippen LogP contribution < -0.4 is 5.73 Å². The van der Waals surface area contributed by atoms with Crippen molar-refractivity contribution in [1.29, 1.82) is 5.26 Å². The molecule has 0 unspecified atom stereocenters. The Hall–Kier alpha value is -1.33. The highest BCUT2D eigenvalue weighted by atomic mass is 14.7. The molecule has 1 spiro atoms. The minimum atomic E-state index is 0.195. The van der Waals surface area contributed by atoms with E-state index in [2.05, 4.69) is 6.07 Å². The van der Waals surface area contributed by atoms with E-state index in [9.17, 15) is 0 Å². The van der Waals surface area contributed by atoms with E-state index in [1.165, 1.54) is 24.0 Å². The van der Waals surface area contributed by atoms with Gasteiger partial charge < -0.3 is 5.73 Å². The molecule has 14 heavy (non-hydrogen) atoms. The zero-order valence-corrected chi connectivity index (χ0v) is 7.96. The molecule has 70 valence electrons. The molecule has 1 saturated carbocycles. The normalized spacial score (nSPS) is 25.9. The maximum absolute atomic E-state index is 8.84. The molecule has 2 aliphatic rings. The predicted octanol–water partition coefficient (Wildman–Crippen LogP) is 1.99. The third-order valence-electron chi connectivity index (χ3n) is 3.62. The van der Waals surface area contributed by atoms with Gasteiger partial charge in [-0.3, -0.25) is 0 Å². The van der Waals surface area contributed by atoms with Gasteiger partial charge in [-0.2, -0.15) is 5.26 Å². The van der Waals surface area contributed by atoms with Crippen molar-refractivity contribution in [1.82, 2.24) is 0 Å². The lowest BCUT2D eigenvalue weighted by molar-refractivity contribution is 0.597. The summed E-state index contributed by atoms with van der Waals surface area (Å²) in [6.45, 7) is 0. The van der Waals surface area contributed by atoms with Gasteiger partial charge >= 0.3 is 0 Å². The molecule has 0 aromatic heterocycles. The monoisotopic (exact) mass is 184 g/mol. The number of nitrogens with two attached hydrogens (primary N) is 1. The van der Waals surface area contributed by atoms with Crippen LogP contribution in [0.2, 0.25) is 0 Å². The molecule has 1 fully saturated rings. The Morgan fingerprint density at radius 1 is 1.43 bits per heavy atom. The van der Waals surface area contributed by atoms with E-state index >= 15 is 0 Å². The molecule has 0 saturated heterocycles. The van der Waals surface area contributed by atoms with Crippen LogP contribution in [0, 0.1) is 11.3 Å². The Labute approximate surface area is 83.3 Å². The quantitative estimate of drug-likeness (QED) is 0.670. The molecule has 3 rings (SSSR count). The molecule has 0 radical (unpaired) electrons. The number of hydrogen-bond acceptors (Lipinski definition) is 2. The summed E-state index contributed by atoms with van der Waals surface area (Å²) in [4.78, 5) is 0. The van der Waals surface area contributed by atoms with Gasteiger partial charge in [-0.1, -0.05) is 6.07 Å². The van der Waals surface area contributed by atoms with E-state index in [0.29, 0.717) is 5.41 Å². The maximum atomic E-state index is 8.84. The van der Waals surface area contributed by atoms with Crippen LogP contribution in [0.3, 0.4) is 0 Å². The van der Waals surface area contributed by atoms with Crippen LogP contribution in [0.25, 0.3) is 0 Å². The van der Waals surface area contributed by atoms with E-state index in [0.717, 1.165) is 12.0 Å². The molecule has 2 aliphatic carbocycles. The van der Waals surface area contributed by atoms with Gasteiger partial charge in [0.1, 0.15) is 0 Å². The zero-order valence-electron chi connectivity index (χ0n) is 7.96. The van der Waals surface area contributed by atoms with Crippen LogP contribution in [-0.4, -0.2) is 0 Å². The number of fused-ring (bicyclic) bond motifs is 2. The van der Waals surface area contributed by atoms with Gasteiger partial charge in [0, 0.05) is 6.04 Å². The number of rotatable bonds is 0. The molecule has 2 N–H and O–H groups in total. The standard InChI is InChI=1S/C12H12N2/c13-7-8-1-2-9-10(5-8)12(3-4-12)6-11(9)14/h1-2,5,11H,3-4,6,14H2/t11-/m1/s1. The summed E-state index contributed by atoms with van der Waals surface area (Å²) in [7, 11) is 0. The van der Waals surface area contributed by atoms with Crippen molar-refractivity contribution >= 4 is 0 Å². The molecular formula is C12H12N2. The van der Waals surface area contributed by atoms with Gasteiger partial charge in [0.25, 0.3) is 0 Å². The third kappa shape index (κ3) is 0.880. The van der Waals surface area contributed by atoms with Crippen molar-refractivity contribution in [3.8, 4) is 6.07 Å². The molecule has 2 nitrogen and oxygen atoms in total. The van der Waals surface area contributed by atoms with Gasteiger partial charge in [0.05, 0.1) is 11.6 Å². The van der Waals surface area contributed by atoms with E-state index in [1.807, 2.05) is 18.2 Å². The Bertz CT molecular complexity index is 438. The van der Waals surface area contributed by atoms with Crippen molar-refractivity contribution < 1.29 is 0 Å². The summed E-state index contributed by atoms with van der Waals surface area (Å²) in [5.41, 5.74) is 9.82. The van der Waals surface area contributed by atoms with Gasteiger partial charge in [0.15, 0.2) is 0 Å². The fourth-order valence-electron chi connectivity index (χ4n) is 2.67. The Kier molecular flexibility index (Phi) is 1.36. The SMILES string of the molecule is N#Cc1ccc2c(c1)C1(CC1)C[C@H]2N. The minimum absolute atomic E-state index is 0.195. The summed E-state index contributed by atoms with van der Waals surface area (Å²) in [5, 5.41) is 8.84. The predicted molar refractivity (Wildman–Crippen MR) is 53.6 cm³/mol. The highest BCUT2D eigenvalue weighted by Gasteiger charge is 2.51. The third-order valence-corrected chi connectivity index (χ3v) is 3.62. The second-order valence-electron chi connectivity index (χ2n) is 4.50. The van der Waals surface area contributed by atoms with Crippen molar-refractivity contribution in [2.24, 2.45) is 5.73 Å². The number of nitrogens with zero attached hydrogens (tertiary/aromatic N) is 1. The van der Waals surface area contributed by atoms with Crippen molar-refractivity contribution in [3.05, 3.63) is 34.9 Å². The average Bonchev–Trinajstić information content (AvgIpc) is 2.91.